The molecule has 0 spiro atoms. The number of benzene rings is 2. The Balaban J connectivity index is 2.10. The van der Waals surface area contributed by atoms with Crippen LogP contribution in [-0.4, -0.2) is 4.92 Å². The van der Waals surface area contributed by atoms with Crippen molar-refractivity contribution in [2.24, 2.45) is 0 Å². The first-order valence-electron chi connectivity index (χ1n) is 6.29. The van der Waals surface area contributed by atoms with Gasteiger partial charge in [0.15, 0.2) is 0 Å². The number of nitrogens with zero attached hydrogens (tertiary/aromatic N) is 1. The second-order valence-electron chi connectivity index (χ2n) is 4.51. The van der Waals surface area contributed by atoms with Crippen LogP contribution in [0.4, 0.5) is 10.1 Å². The molecule has 2 rings (SSSR count). The van der Waals surface area contributed by atoms with Crippen molar-refractivity contribution in [3.05, 3.63) is 75.6 Å². The molecule has 4 nitrogen and oxygen atoms in total. The van der Waals surface area contributed by atoms with Gasteiger partial charge in [-0.1, -0.05) is 36.4 Å². The van der Waals surface area contributed by atoms with E-state index in [-0.39, 0.29) is 17.5 Å². The van der Waals surface area contributed by atoms with E-state index in [4.69, 9.17) is 0 Å². The van der Waals surface area contributed by atoms with E-state index in [0.717, 1.165) is 0 Å². The van der Waals surface area contributed by atoms with Crippen molar-refractivity contribution < 1.29 is 9.31 Å². The van der Waals surface area contributed by atoms with E-state index < -0.39 is 4.92 Å². The quantitative estimate of drug-likeness (QED) is 0.669. The zero-order chi connectivity index (χ0) is 14.5. The summed E-state index contributed by atoms with van der Waals surface area (Å²) in [5.41, 5.74) is 1.20. The third kappa shape index (κ3) is 3.19. The topological polar surface area (TPSA) is 55.2 Å². The van der Waals surface area contributed by atoms with Crippen molar-refractivity contribution >= 4 is 5.69 Å². The van der Waals surface area contributed by atoms with Crippen molar-refractivity contribution in [3.8, 4) is 0 Å². The van der Waals surface area contributed by atoms with E-state index in [1.54, 1.807) is 36.4 Å². The predicted octanol–water partition coefficient (Wildman–Crippen LogP) is 3.58. The van der Waals surface area contributed by atoms with Gasteiger partial charge < -0.3 is 5.32 Å². The summed E-state index contributed by atoms with van der Waals surface area (Å²) in [5, 5.41) is 14.0. The van der Waals surface area contributed by atoms with Gasteiger partial charge in [-0.15, -0.1) is 0 Å². The van der Waals surface area contributed by atoms with E-state index in [0.29, 0.717) is 17.7 Å². The monoisotopic (exact) mass is 274 g/mol. The van der Waals surface area contributed by atoms with Crippen LogP contribution in [0.2, 0.25) is 0 Å². The zero-order valence-corrected chi connectivity index (χ0v) is 11.0. The smallest absolute Gasteiger partial charge is 0.273 e. The molecule has 1 N–H and O–H groups in total. The molecule has 0 saturated carbocycles. The van der Waals surface area contributed by atoms with Gasteiger partial charge in [-0.3, -0.25) is 10.1 Å². The summed E-state index contributed by atoms with van der Waals surface area (Å²) in [6.45, 7) is 2.14. The number of nitro groups is 1. The number of halogens is 1. The second-order valence-corrected chi connectivity index (χ2v) is 4.51. The summed E-state index contributed by atoms with van der Waals surface area (Å²) in [7, 11) is 0. The zero-order valence-electron chi connectivity index (χ0n) is 11.0. The predicted molar refractivity (Wildman–Crippen MR) is 74.8 cm³/mol. The van der Waals surface area contributed by atoms with Crippen molar-refractivity contribution in [1.82, 2.24) is 5.32 Å². The highest BCUT2D eigenvalue weighted by molar-refractivity contribution is 5.39. The minimum atomic E-state index is -0.412. The molecule has 0 bridgehead atoms. The van der Waals surface area contributed by atoms with Crippen LogP contribution in [0.1, 0.15) is 24.1 Å². The van der Waals surface area contributed by atoms with Crippen molar-refractivity contribution in [1.29, 1.82) is 0 Å². The molecule has 0 fully saturated rings. The molecule has 1 unspecified atom stereocenters. The molecule has 0 aromatic heterocycles. The Bertz CT molecular complexity index is 616. The van der Waals surface area contributed by atoms with Crippen LogP contribution >= 0.6 is 0 Å². The molecular formula is C15H15FN2O2. The molecule has 0 amide bonds. The molecule has 2 aromatic rings. The van der Waals surface area contributed by atoms with Crippen LogP contribution < -0.4 is 5.32 Å². The molecule has 0 aliphatic carbocycles. The number of hydrogen-bond donors (Lipinski definition) is 1. The highest BCUT2D eigenvalue weighted by Gasteiger charge is 2.14. The lowest BCUT2D eigenvalue weighted by molar-refractivity contribution is -0.385. The van der Waals surface area contributed by atoms with Gasteiger partial charge in [0.25, 0.3) is 5.69 Å². The first-order chi connectivity index (χ1) is 9.59. The fourth-order valence-electron chi connectivity index (χ4n) is 2.04. The lowest BCUT2D eigenvalue weighted by Gasteiger charge is -2.15. The van der Waals surface area contributed by atoms with Crippen LogP contribution in [0.3, 0.4) is 0 Å². The van der Waals surface area contributed by atoms with Crippen LogP contribution in [0.25, 0.3) is 0 Å². The number of nitro benzene ring substituents is 1. The average Bonchev–Trinajstić information content (AvgIpc) is 2.45. The molecule has 0 radical (unpaired) electrons. The highest BCUT2D eigenvalue weighted by atomic mass is 19.1. The van der Waals surface area contributed by atoms with Gasteiger partial charge in [-0.2, -0.15) is 0 Å². The Morgan fingerprint density at radius 3 is 2.55 bits per heavy atom. The maximum absolute atomic E-state index is 13.6. The summed E-state index contributed by atoms with van der Waals surface area (Å²) in [6.07, 6.45) is 0. The summed E-state index contributed by atoms with van der Waals surface area (Å²) in [4.78, 5) is 10.5. The number of rotatable bonds is 5. The summed E-state index contributed by atoms with van der Waals surface area (Å²) in [5.74, 6) is -0.282. The van der Waals surface area contributed by atoms with E-state index in [2.05, 4.69) is 5.32 Å². The van der Waals surface area contributed by atoms with Crippen LogP contribution in [0, 0.1) is 15.9 Å². The first kappa shape index (κ1) is 14.1. The summed E-state index contributed by atoms with van der Waals surface area (Å²) in [6, 6.07) is 12.8. The van der Waals surface area contributed by atoms with Gasteiger partial charge in [0.1, 0.15) is 5.82 Å². The maximum atomic E-state index is 13.6. The summed E-state index contributed by atoms with van der Waals surface area (Å²) < 4.78 is 13.6. The Labute approximate surface area is 116 Å². The van der Waals surface area contributed by atoms with Crippen LogP contribution in [0.5, 0.6) is 0 Å². The summed E-state index contributed by atoms with van der Waals surface area (Å²) >= 11 is 0. The Hall–Kier alpha value is -2.27. The molecule has 0 saturated heterocycles. The molecule has 2 aromatic carbocycles. The Kier molecular flexibility index (Phi) is 4.42. The molecule has 0 aliphatic heterocycles. The van der Waals surface area contributed by atoms with Gasteiger partial charge in [-0.05, 0) is 13.0 Å². The fraction of sp³-hybridized carbons (Fsp3) is 0.200. The molecule has 20 heavy (non-hydrogen) atoms. The van der Waals surface area contributed by atoms with E-state index in [1.807, 2.05) is 6.92 Å². The molecule has 5 heteroatoms. The van der Waals surface area contributed by atoms with Gasteiger partial charge in [0.2, 0.25) is 0 Å². The third-order valence-electron chi connectivity index (χ3n) is 3.16. The van der Waals surface area contributed by atoms with Crippen molar-refractivity contribution in [2.75, 3.05) is 0 Å². The van der Waals surface area contributed by atoms with E-state index in [1.165, 1.54) is 12.1 Å². The van der Waals surface area contributed by atoms with E-state index in [9.17, 15) is 14.5 Å². The molecule has 0 heterocycles. The van der Waals surface area contributed by atoms with Crippen LogP contribution in [0.15, 0.2) is 48.5 Å². The molecule has 104 valence electrons. The Morgan fingerprint density at radius 2 is 1.85 bits per heavy atom. The fourth-order valence-corrected chi connectivity index (χ4v) is 2.04. The number of nitrogens with one attached hydrogen (secondary N) is 1. The highest BCUT2D eigenvalue weighted by Crippen LogP contribution is 2.20. The normalized spacial score (nSPS) is 12.1. The second kappa shape index (κ2) is 6.25. The molecule has 0 aliphatic rings. The minimum absolute atomic E-state index is 0.0701. The standard InChI is InChI=1S/C15H15FN2O2/c1-11(13-7-3-4-8-14(13)16)17-10-12-6-2-5-9-15(12)18(19)20/h2-9,11,17H,10H2,1H3. The maximum Gasteiger partial charge on any atom is 0.273 e. The number of para-hydroxylation sites is 1. The van der Waals surface area contributed by atoms with Gasteiger partial charge in [0.05, 0.1) is 4.92 Å². The third-order valence-corrected chi connectivity index (χ3v) is 3.16. The largest absolute Gasteiger partial charge is 0.306 e. The lowest BCUT2D eigenvalue weighted by Crippen LogP contribution is -2.19. The molecule has 1 atom stereocenters. The van der Waals surface area contributed by atoms with E-state index >= 15 is 0 Å². The van der Waals surface area contributed by atoms with Gasteiger partial charge in [-0.25, -0.2) is 4.39 Å². The van der Waals surface area contributed by atoms with Gasteiger partial charge >= 0.3 is 0 Å². The first-order valence-corrected chi connectivity index (χ1v) is 6.29. The van der Waals surface area contributed by atoms with Crippen LogP contribution in [-0.2, 0) is 6.54 Å². The van der Waals surface area contributed by atoms with Crippen molar-refractivity contribution in [3.63, 3.8) is 0 Å². The minimum Gasteiger partial charge on any atom is -0.306 e. The number of hydrogen-bond acceptors (Lipinski definition) is 3. The Morgan fingerprint density at radius 1 is 1.20 bits per heavy atom. The van der Waals surface area contributed by atoms with Gasteiger partial charge in [0, 0.05) is 29.8 Å². The average molecular weight is 274 g/mol. The lowest BCUT2D eigenvalue weighted by atomic mass is 10.1. The SMILES string of the molecule is CC(NCc1ccccc1[N+](=O)[O-])c1ccccc1F. The van der Waals surface area contributed by atoms with Crippen molar-refractivity contribution in [2.45, 2.75) is 19.5 Å². The molecular weight excluding hydrogens is 259 g/mol.